The van der Waals surface area contributed by atoms with Crippen molar-refractivity contribution >= 4 is 33.2 Å². The number of hydrogen-bond acceptors (Lipinski definition) is 7. The van der Waals surface area contributed by atoms with Gasteiger partial charge in [0.1, 0.15) is 18.3 Å². The Kier molecular flexibility index (Phi) is 11.4. The second kappa shape index (κ2) is 15.0. The zero-order chi connectivity index (χ0) is 30.7. The molecule has 0 aliphatic heterocycles. The zero-order valence-corrected chi connectivity index (χ0v) is 24.7. The molecule has 0 unspecified atom stereocenters. The third-order valence-corrected chi connectivity index (χ3v) is 8.45. The Bertz CT molecular complexity index is 1460. The number of methoxy groups -OCH3 is 1. The number of rotatable bonds is 15. The number of hydrogen-bond donors (Lipinski definition) is 1. The fraction of sp³-hybridized carbons (Fsp3) is 0.333. The molecule has 11 nitrogen and oxygen atoms in total. The molecule has 0 bridgehead atoms. The summed E-state index contributed by atoms with van der Waals surface area (Å²) in [6, 6.07) is 18.7. The van der Waals surface area contributed by atoms with Crippen LogP contribution in [0.2, 0.25) is 0 Å². The number of amides is 2. The molecule has 12 heteroatoms. The molecule has 3 aromatic rings. The van der Waals surface area contributed by atoms with Gasteiger partial charge < -0.3 is 15.0 Å². The molecule has 224 valence electrons. The van der Waals surface area contributed by atoms with Gasteiger partial charge in [-0.3, -0.25) is 24.0 Å². The highest BCUT2D eigenvalue weighted by Crippen LogP contribution is 2.28. The lowest BCUT2D eigenvalue weighted by atomic mass is 10.1. The number of carbonyl (C=O) groups is 2. The molecule has 3 rings (SSSR count). The van der Waals surface area contributed by atoms with Crippen molar-refractivity contribution in [2.75, 3.05) is 24.5 Å². The molecule has 0 fully saturated rings. The predicted octanol–water partition coefficient (Wildman–Crippen LogP) is 4.52. The largest absolute Gasteiger partial charge is 0.497 e. The van der Waals surface area contributed by atoms with Gasteiger partial charge in [-0.25, -0.2) is 8.42 Å². The number of nitro benzene ring substituents is 1. The predicted molar refractivity (Wildman–Crippen MR) is 160 cm³/mol. The van der Waals surface area contributed by atoms with E-state index in [4.69, 9.17) is 4.74 Å². The molecule has 0 saturated carbocycles. The highest BCUT2D eigenvalue weighted by molar-refractivity contribution is 7.92. The molecule has 0 aliphatic rings. The summed E-state index contributed by atoms with van der Waals surface area (Å²) in [4.78, 5) is 39.4. The first kappa shape index (κ1) is 32.1. The molecule has 0 spiro atoms. The molecular weight excluding hydrogens is 560 g/mol. The second-order valence-corrected chi connectivity index (χ2v) is 11.4. The molecule has 42 heavy (non-hydrogen) atoms. The van der Waals surface area contributed by atoms with Crippen LogP contribution in [0.5, 0.6) is 5.75 Å². The Balaban J connectivity index is 2.06. The summed E-state index contributed by atoms with van der Waals surface area (Å²) in [5, 5.41) is 14.4. The number of benzene rings is 3. The van der Waals surface area contributed by atoms with E-state index < -0.39 is 33.4 Å². The highest BCUT2D eigenvalue weighted by atomic mass is 32.2. The van der Waals surface area contributed by atoms with Crippen molar-refractivity contribution in [1.82, 2.24) is 10.2 Å². The number of non-ortho nitro benzene ring substituents is 1. The number of nitro groups is 1. The SMILES string of the molecule is CCCCNC(=O)[C@@H](CC)N(Cc1ccc(OC)cc1)C(=O)CN(c1cccc([N+](=O)[O-])c1)S(=O)(=O)c1ccccc1. The van der Waals surface area contributed by atoms with Gasteiger partial charge in [0.15, 0.2) is 0 Å². The van der Waals surface area contributed by atoms with E-state index in [9.17, 15) is 28.1 Å². The molecule has 1 N–H and O–H groups in total. The summed E-state index contributed by atoms with van der Waals surface area (Å²) in [6.45, 7) is 3.55. The molecule has 0 aromatic heterocycles. The third kappa shape index (κ3) is 8.06. The fourth-order valence-corrected chi connectivity index (χ4v) is 5.79. The fourth-order valence-electron chi connectivity index (χ4n) is 4.36. The number of unbranched alkanes of at least 4 members (excludes halogenated alkanes) is 1. The zero-order valence-electron chi connectivity index (χ0n) is 23.9. The van der Waals surface area contributed by atoms with E-state index in [0.717, 1.165) is 23.2 Å². The Hall–Kier alpha value is -4.45. The number of anilines is 1. The molecule has 3 aromatic carbocycles. The molecule has 0 heterocycles. The maximum atomic E-state index is 14.1. The van der Waals surface area contributed by atoms with Gasteiger partial charge in [0.25, 0.3) is 15.7 Å². The van der Waals surface area contributed by atoms with E-state index in [0.29, 0.717) is 17.9 Å². The van der Waals surface area contributed by atoms with Crippen molar-refractivity contribution < 1.29 is 27.7 Å². The first-order valence-corrected chi connectivity index (χ1v) is 15.1. The van der Waals surface area contributed by atoms with E-state index in [-0.39, 0.29) is 35.1 Å². The maximum absolute atomic E-state index is 14.1. The quantitative estimate of drug-likeness (QED) is 0.155. The van der Waals surface area contributed by atoms with Gasteiger partial charge >= 0.3 is 0 Å². The average Bonchev–Trinajstić information content (AvgIpc) is 3.00. The average molecular weight is 597 g/mol. The second-order valence-electron chi connectivity index (χ2n) is 9.54. The van der Waals surface area contributed by atoms with E-state index >= 15 is 0 Å². The Morgan fingerprint density at radius 1 is 1.00 bits per heavy atom. The van der Waals surface area contributed by atoms with Crippen LogP contribution in [0, 0.1) is 10.1 Å². The molecule has 1 atom stereocenters. The van der Waals surface area contributed by atoms with Crippen molar-refractivity contribution in [3.8, 4) is 5.75 Å². The monoisotopic (exact) mass is 596 g/mol. The van der Waals surface area contributed by atoms with Crippen molar-refractivity contribution in [3.05, 3.63) is 94.5 Å². The number of nitrogens with zero attached hydrogens (tertiary/aromatic N) is 3. The summed E-state index contributed by atoms with van der Waals surface area (Å²) in [5.41, 5.74) is 0.327. The minimum Gasteiger partial charge on any atom is -0.497 e. The number of sulfonamides is 1. The van der Waals surface area contributed by atoms with Crippen LogP contribution in [0.3, 0.4) is 0 Å². The van der Waals surface area contributed by atoms with Crippen LogP contribution in [-0.4, -0.2) is 56.3 Å². The summed E-state index contributed by atoms with van der Waals surface area (Å²) in [7, 11) is -2.80. The first-order valence-electron chi connectivity index (χ1n) is 13.6. The van der Waals surface area contributed by atoms with Gasteiger partial charge in [-0.2, -0.15) is 0 Å². The molecule has 2 amide bonds. The van der Waals surface area contributed by atoms with E-state index in [1.165, 1.54) is 42.3 Å². The normalized spacial score (nSPS) is 11.8. The molecule has 0 radical (unpaired) electrons. The van der Waals surface area contributed by atoms with Crippen molar-refractivity contribution in [3.63, 3.8) is 0 Å². The van der Waals surface area contributed by atoms with Crippen molar-refractivity contribution in [2.45, 2.75) is 50.6 Å². The molecule has 0 saturated heterocycles. The lowest BCUT2D eigenvalue weighted by Crippen LogP contribution is -2.52. The summed E-state index contributed by atoms with van der Waals surface area (Å²) in [5.74, 6) is -0.373. The van der Waals surface area contributed by atoms with E-state index in [2.05, 4.69) is 5.32 Å². The Morgan fingerprint density at radius 3 is 2.29 bits per heavy atom. The smallest absolute Gasteiger partial charge is 0.271 e. The lowest BCUT2D eigenvalue weighted by molar-refractivity contribution is -0.384. The Labute approximate surface area is 246 Å². The number of nitrogens with one attached hydrogen (secondary N) is 1. The van der Waals surface area contributed by atoms with Gasteiger partial charge in [0.05, 0.1) is 22.6 Å². The number of ether oxygens (including phenoxy) is 1. The summed E-state index contributed by atoms with van der Waals surface area (Å²) in [6.07, 6.45) is 1.92. The third-order valence-electron chi connectivity index (χ3n) is 6.67. The van der Waals surface area contributed by atoms with Crippen molar-refractivity contribution in [2.24, 2.45) is 0 Å². The lowest BCUT2D eigenvalue weighted by Gasteiger charge is -2.33. The van der Waals surface area contributed by atoms with Crippen LogP contribution >= 0.6 is 0 Å². The highest BCUT2D eigenvalue weighted by Gasteiger charge is 2.34. The van der Waals surface area contributed by atoms with Crippen LogP contribution < -0.4 is 14.4 Å². The number of carbonyl (C=O) groups excluding carboxylic acids is 2. The molecule has 0 aliphatic carbocycles. The van der Waals surface area contributed by atoms with Crippen LogP contribution in [0.4, 0.5) is 11.4 Å². The minimum atomic E-state index is -4.33. The van der Waals surface area contributed by atoms with Gasteiger partial charge in [-0.15, -0.1) is 0 Å². The van der Waals surface area contributed by atoms with Gasteiger partial charge in [0, 0.05) is 25.2 Å². The Morgan fingerprint density at radius 2 is 1.69 bits per heavy atom. The van der Waals surface area contributed by atoms with Crippen LogP contribution in [0.25, 0.3) is 0 Å². The van der Waals surface area contributed by atoms with Crippen LogP contribution in [0.15, 0.2) is 83.8 Å². The first-order chi connectivity index (χ1) is 20.1. The van der Waals surface area contributed by atoms with E-state index in [1.807, 2.05) is 6.92 Å². The summed E-state index contributed by atoms with van der Waals surface area (Å²) < 4.78 is 33.8. The van der Waals surface area contributed by atoms with Gasteiger partial charge in [-0.05, 0) is 48.7 Å². The van der Waals surface area contributed by atoms with Crippen molar-refractivity contribution in [1.29, 1.82) is 0 Å². The maximum Gasteiger partial charge on any atom is 0.271 e. The topological polar surface area (TPSA) is 139 Å². The minimum absolute atomic E-state index is 0.0245. The standard InChI is InChI=1S/C30H36N4O7S/c1-4-6-19-31-30(36)28(5-2)32(21-23-15-17-26(41-3)18-16-23)29(35)22-33(24-11-10-12-25(20-24)34(37)38)42(39,40)27-13-8-7-9-14-27/h7-18,20,28H,4-6,19,21-22H2,1-3H3,(H,31,36)/t28-/m1/s1. The van der Waals surface area contributed by atoms with Crippen LogP contribution in [0.1, 0.15) is 38.7 Å². The van der Waals surface area contributed by atoms with Crippen LogP contribution in [-0.2, 0) is 26.2 Å². The van der Waals surface area contributed by atoms with Gasteiger partial charge in [0.2, 0.25) is 11.8 Å². The van der Waals surface area contributed by atoms with E-state index in [1.54, 1.807) is 49.4 Å². The van der Waals surface area contributed by atoms with Gasteiger partial charge in [-0.1, -0.05) is 56.7 Å². The summed E-state index contributed by atoms with van der Waals surface area (Å²) >= 11 is 0. The molecular formula is C30H36N4O7S.